The standard InChI is InChI=1S/C25H33N3O6/c1-3-5-8-17(25-33-16-18-9-6-7-10-23(18)34-25)14-26-24(30)21-13-20(28(31)32)11-12-22(21)27-19(4-2)15-29/h6-7,9-13,17,19,25,27,29H,3-5,8,14-16H2,1-2H3,(H,26,30)/t17-,19-,25-/m1/s1. The third kappa shape index (κ3) is 6.45. The molecule has 0 radical (unpaired) electrons. The Kier molecular flexibility index (Phi) is 9.24. The van der Waals surface area contributed by atoms with Crippen LogP contribution in [0.4, 0.5) is 11.4 Å². The van der Waals surface area contributed by atoms with Gasteiger partial charge in [0.1, 0.15) is 5.75 Å². The number of amides is 1. The first-order chi connectivity index (χ1) is 16.5. The van der Waals surface area contributed by atoms with Crippen molar-refractivity contribution >= 4 is 17.3 Å². The van der Waals surface area contributed by atoms with Gasteiger partial charge >= 0.3 is 0 Å². The fourth-order valence-electron chi connectivity index (χ4n) is 3.88. The Morgan fingerprint density at radius 2 is 2.06 bits per heavy atom. The Morgan fingerprint density at radius 3 is 2.76 bits per heavy atom. The highest BCUT2D eigenvalue weighted by molar-refractivity contribution is 6.00. The van der Waals surface area contributed by atoms with Crippen LogP contribution >= 0.6 is 0 Å². The molecule has 0 unspecified atom stereocenters. The molecule has 0 aromatic heterocycles. The summed E-state index contributed by atoms with van der Waals surface area (Å²) >= 11 is 0. The number of hydrogen-bond acceptors (Lipinski definition) is 7. The van der Waals surface area contributed by atoms with Crippen molar-refractivity contribution in [2.45, 2.75) is 58.5 Å². The van der Waals surface area contributed by atoms with Crippen LogP contribution in [0, 0.1) is 16.0 Å². The first-order valence-corrected chi connectivity index (χ1v) is 11.8. The highest BCUT2D eigenvalue weighted by atomic mass is 16.7. The van der Waals surface area contributed by atoms with E-state index in [1.54, 1.807) is 0 Å². The summed E-state index contributed by atoms with van der Waals surface area (Å²) in [6.45, 7) is 4.62. The fraction of sp³-hybridized carbons (Fsp3) is 0.480. The lowest BCUT2D eigenvalue weighted by atomic mass is 10.00. The number of nitro benzene ring substituents is 1. The molecule has 3 rings (SSSR count). The average molecular weight is 472 g/mol. The van der Waals surface area contributed by atoms with Crippen LogP contribution in [0.5, 0.6) is 5.75 Å². The average Bonchev–Trinajstić information content (AvgIpc) is 2.86. The number of aliphatic hydroxyl groups is 1. The second kappa shape index (κ2) is 12.3. The second-order valence-corrected chi connectivity index (χ2v) is 8.44. The largest absolute Gasteiger partial charge is 0.464 e. The van der Waals surface area contributed by atoms with Crippen LogP contribution in [0.2, 0.25) is 0 Å². The lowest BCUT2D eigenvalue weighted by Crippen LogP contribution is -2.40. The van der Waals surface area contributed by atoms with Crippen molar-refractivity contribution in [1.29, 1.82) is 0 Å². The molecule has 0 bridgehead atoms. The minimum Gasteiger partial charge on any atom is -0.464 e. The Bertz CT molecular complexity index is 979. The van der Waals surface area contributed by atoms with Crippen molar-refractivity contribution in [3.8, 4) is 5.75 Å². The van der Waals surface area contributed by atoms with Crippen molar-refractivity contribution in [1.82, 2.24) is 5.32 Å². The van der Waals surface area contributed by atoms with Gasteiger partial charge in [-0.3, -0.25) is 14.9 Å². The molecule has 2 aromatic carbocycles. The molecule has 9 heteroatoms. The summed E-state index contributed by atoms with van der Waals surface area (Å²) in [7, 11) is 0. The Hall–Kier alpha value is -3.17. The van der Waals surface area contributed by atoms with Gasteiger partial charge in [-0.25, -0.2) is 0 Å². The van der Waals surface area contributed by atoms with Gasteiger partial charge in [-0.1, -0.05) is 44.9 Å². The number of nitrogens with zero attached hydrogens (tertiary/aromatic N) is 1. The molecule has 2 aromatic rings. The van der Waals surface area contributed by atoms with Crippen LogP contribution < -0.4 is 15.4 Å². The monoisotopic (exact) mass is 471 g/mol. The van der Waals surface area contributed by atoms with Gasteiger partial charge in [0.15, 0.2) is 0 Å². The predicted octanol–water partition coefficient (Wildman–Crippen LogP) is 4.25. The molecule has 3 atom stereocenters. The van der Waals surface area contributed by atoms with Crippen molar-refractivity contribution in [2.24, 2.45) is 5.92 Å². The van der Waals surface area contributed by atoms with Crippen LogP contribution in [-0.4, -0.2) is 41.4 Å². The first-order valence-electron chi connectivity index (χ1n) is 11.8. The van der Waals surface area contributed by atoms with E-state index >= 15 is 0 Å². The minimum atomic E-state index is -0.533. The van der Waals surface area contributed by atoms with Crippen LogP contribution in [-0.2, 0) is 11.3 Å². The van der Waals surface area contributed by atoms with E-state index in [9.17, 15) is 20.0 Å². The molecule has 1 amide bonds. The van der Waals surface area contributed by atoms with Gasteiger partial charge in [0.05, 0.1) is 23.7 Å². The van der Waals surface area contributed by atoms with Crippen LogP contribution in [0.15, 0.2) is 42.5 Å². The topological polar surface area (TPSA) is 123 Å². The van der Waals surface area contributed by atoms with E-state index in [4.69, 9.17) is 9.47 Å². The summed E-state index contributed by atoms with van der Waals surface area (Å²) in [6.07, 6.45) is 2.87. The molecule has 1 aliphatic heterocycles. The maximum absolute atomic E-state index is 13.1. The molecule has 1 heterocycles. The number of para-hydroxylation sites is 1. The molecule has 9 nitrogen and oxygen atoms in total. The Labute approximate surface area is 199 Å². The van der Waals surface area contributed by atoms with Crippen molar-refractivity contribution in [2.75, 3.05) is 18.5 Å². The Morgan fingerprint density at radius 1 is 1.26 bits per heavy atom. The predicted molar refractivity (Wildman–Crippen MR) is 129 cm³/mol. The van der Waals surface area contributed by atoms with E-state index in [1.807, 2.05) is 31.2 Å². The van der Waals surface area contributed by atoms with Gasteiger partial charge in [0, 0.05) is 41.9 Å². The van der Waals surface area contributed by atoms with Crippen molar-refractivity contribution in [3.63, 3.8) is 0 Å². The summed E-state index contributed by atoms with van der Waals surface area (Å²) in [4.78, 5) is 23.9. The van der Waals surface area contributed by atoms with Crippen LogP contribution in [0.1, 0.15) is 55.5 Å². The molecule has 0 aliphatic carbocycles. The number of nitrogens with one attached hydrogen (secondary N) is 2. The molecule has 0 fully saturated rings. The molecule has 34 heavy (non-hydrogen) atoms. The maximum atomic E-state index is 13.1. The highest BCUT2D eigenvalue weighted by Gasteiger charge is 2.29. The zero-order valence-electron chi connectivity index (χ0n) is 19.7. The lowest BCUT2D eigenvalue weighted by molar-refractivity contribution is -0.384. The molecule has 0 saturated carbocycles. The normalized spacial score (nSPS) is 16.6. The number of carbonyl (C=O) groups excluding carboxylic acids is 1. The molecular formula is C25H33N3O6. The third-order valence-electron chi connectivity index (χ3n) is 5.99. The van der Waals surface area contributed by atoms with E-state index in [0.717, 1.165) is 30.6 Å². The zero-order valence-corrected chi connectivity index (χ0v) is 19.7. The summed E-state index contributed by atoms with van der Waals surface area (Å²) in [5.41, 5.74) is 1.41. The van der Waals surface area contributed by atoms with Crippen LogP contribution in [0.25, 0.3) is 0 Å². The fourth-order valence-corrected chi connectivity index (χ4v) is 3.88. The van der Waals surface area contributed by atoms with Gasteiger partial charge in [-0.2, -0.15) is 0 Å². The van der Waals surface area contributed by atoms with E-state index in [0.29, 0.717) is 25.3 Å². The number of ether oxygens (including phenoxy) is 2. The van der Waals surface area contributed by atoms with E-state index in [-0.39, 0.29) is 29.8 Å². The highest BCUT2D eigenvalue weighted by Crippen LogP contribution is 2.30. The SMILES string of the molecule is CCCC[C@H](CNC(=O)c1cc([N+](=O)[O-])ccc1N[C@H](CC)CO)[C@@H]1OCc2ccccc2O1. The number of benzene rings is 2. The number of anilines is 1. The number of carbonyl (C=O) groups is 1. The number of unbranched alkanes of at least 4 members (excludes halogenated alkanes) is 1. The van der Waals surface area contributed by atoms with Crippen molar-refractivity contribution < 1.29 is 24.3 Å². The minimum absolute atomic E-state index is 0.0896. The summed E-state index contributed by atoms with van der Waals surface area (Å²) in [5, 5.41) is 26.9. The molecule has 3 N–H and O–H groups in total. The maximum Gasteiger partial charge on any atom is 0.270 e. The number of aliphatic hydroxyl groups excluding tert-OH is 1. The summed E-state index contributed by atoms with van der Waals surface area (Å²) in [6, 6.07) is 11.6. The lowest BCUT2D eigenvalue weighted by Gasteiger charge is -2.32. The summed E-state index contributed by atoms with van der Waals surface area (Å²) < 4.78 is 12.0. The second-order valence-electron chi connectivity index (χ2n) is 8.44. The number of rotatable bonds is 12. The third-order valence-corrected chi connectivity index (χ3v) is 5.99. The van der Waals surface area contributed by atoms with Gasteiger partial charge in [0.2, 0.25) is 6.29 Å². The van der Waals surface area contributed by atoms with E-state index in [1.165, 1.54) is 18.2 Å². The molecule has 0 spiro atoms. The van der Waals surface area contributed by atoms with Gasteiger partial charge < -0.3 is 25.2 Å². The molecule has 184 valence electrons. The van der Waals surface area contributed by atoms with Gasteiger partial charge in [-0.15, -0.1) is 0 Å². The number of fused-ring (bicyclic) bond motifs is 1. The molecule has 1 aliphatic rings. The van der Waals surface area contributed by atoms with E-state index < -0.39 is 17.1 Å². The van der Waals surface area contributed by atoms with Gasteiger partial charge in [-0.05, 0) is 25.0 Å². The van der Waals surface area contributed by atoms with E-state index in [2.05, 4.69) is 17.6 Å². The molecular weight excluding hydrogens is 438 g/mol. The van der Waals surface area contributed by atoms with Gasteiger partial charge in [0.25, 0.3) is 11.6 Å². The number of hydrogen-bond donors (Lipinski definition) is 3. The first kappa shape index (κ1) is 25.5. The van der Waals surface area contributed by atoms with Crippen LogP contribution in [0.3, 0.4) is 0 Å². The summed E-state index contributed by atoms with van der Waals surface area (Å²) in [5.74, 6) is 0.260. The number of non-ortho nitro benzene ring substituents is 1. The number of nitro groups is 1. The Balaban J connectivity index is 1.75. The quantitative estimate of drug-likeness (QED) is 0.312. The van der Waals surface area contributed by atoms with Crippen molar-refractivity contribution in [3.05, 3.63) is 63.7 Å². The molecule has 0 saturated heterocycles. The smallest absolute Gasteiger partial charge is 0.270 e. The zero-order chi connectivity index (χ0) is 24.5.